The van der Waals surface area contributed by atoms with Gasteiger partial charge in [0.05, 0.1) is 11.5 Å². The van der Waals surface area contributed by atoms with Gasteiger partial charge in [-0.3, -0.25) is 4.79 Å². The van der Waals surface area contributed by atoms with Gasteiger partial charge in [-0.25, -0.2) is 0 Å². The molecular formula is C24H39NO2. The van der Waals surface area contributed by atoms with E-state index in [0.717, 1.165) is 62.2 Å². The summed E-state index contributed by atoms with van der Waals surface area (Å²) >= 11 is 0. The number of carbonyl (C=O) groups is 1. The van der Waals surface area contributed by atoms with Crippen molar-refractivity contribution in [2.24, 2.45) is 29.1 Å². The second kappa shape index (κ2) is 9.44. The van der Waals surface area contributed by atoms with Gasteiger partial charge in [-0.2, -0.15) is 5.26 Å². The number of hydrogen-bond acceptors (Lipinski definition) is 3. The van der Waals surface area contributed by atoms with E-state index in [1.807, 2.05) is 6.92 Å². The number of carbonyl (C=O) groups excluding carboxylic acids is 1. The molecule has 0 aromatic carbocycles. The Morgan fingerprint density at radius 2 is 1.81 bits per heavy atom. The van der Waals surface area contributed by atoms with Gasteiger partial charge in [0.1, 0.15) is 6.10 Å². The van der Waals surface area contributed by atoms with Crippen LogP contribution in [0.5, 0.6) is 0 Å². The monoisotopic (exact) mass is 373 g/mol. The summed E-state index contributed by atoms with van der Waals surface area (Å²) < 4.78 is 5.74. The normalized spacial score (nSPS) is 38.3. The highest BCUT2D eigenvalue weighted by Crippen LogP contribution is 2.56. The third-order valence-electron chi connectivity index (χ3n) is 7.91. The van der Waals surface area contributed by atoms with Crippen LogP contribution in [-0.2, 0) is 9.53 Å². The minimum atomic E-state index is -0.0317. The lowest BCUT2D eigenvalue weighted by molar-refractivity contribution is -0.153. The minimum absolute atomic E-state index is 0.00168. The molecule has 3 nitrogen and oxygen atoms in total. The fraction of sp³-hybridized carbons (Fsp3) is 0.917. The van der Waals surface area contributed by atoms with Gasteiger partial charge >= 0.3 is 5.97 Å². The predicted octanol–water partition coefficient (Wildman–Crippen LogP) is 6.41. The molecule has 27 heavy (non-hydrogen) atoms. The average molecular weight is 374 g/mol. The Balaban J connectivity index is 1.55. The lowest BCUT2D eigenvalue weighted by Gasteiger charge is -2.52. The first-order chi connectivity index (χ1) is 13.1. The molecule has 0 aromatic heterocycles. The fourth-order valence-electron chi connectivity index (χ4n) is 6.54. The maximum atomic E-state index is 11.9. The highest BCUT2D eigenvalue weighted by molar-refractivity contribution is 5.69. The summed E-state index contributed by atoms with van der Waals surface area (Å²) in [6.07, 6.45) is 15.9. The molecule has 3 fully saturated rings. The van der Waals surface area contributed by atoms with Crippen LogP contribution in [-0.4, -0.2) is 12.1 Å². The van der Waals surface area contributed by atoms with Crippen molar-refractivity contribution in [2.75, 3.05) is 0 Å². The quantitative estimate of drug-likeness (QED) is 0.382. The Morgan fingerprint density at radius 3 is 2.56 bits per heavy atom. The van der Waals surface area contributed by atoms with Crippen molar-refractivity contribution < 1.29 is 9.53 Å². The topological polar surface area (TPSA) is 50.1 Å². The van der Waals surface area contributed by atoms with Crippen LogP contribution in [0.15, 0.2) is 0 Å². The summed E-state index contributed by atoms with van der Waals surface area (Å²) in [5.74, 6) is 3.15. The van der Waals surface area contributed by atoms with Gasteiger partial charge in [-0.05, 0) is 87.9 Å². The minimum Gasteiger partial charge on any atom is -0.462 e. The third-order valence-corrected chi connectivity index (χ3v) is 7.91. The Morgan fingerprint density at radius 1 is 1.04 bits per heavy atom. The molecule has 0 radical (unpaired) electrons. The van der Waals surface area contributed by atoms with Crippen LogP contribution in [0.1, 0.15) is 104 Å². The molecule has 4 unspecified atom stereocenters. The Labute approximate surface area is 166 Å². The van der Waals surface area contributed by atoms with Gasteiger partial charge < -0.3 is 4.74 Å². The second-order valence-electron chi connectivity index (χ2n) is 9.69. The number of hydrogen-bond donors (Lipinski definition) is 0. The number of unbranched alkanes of at least 4 members (excludes halogenated alkanes) is 2. The van der Waals surface area contributed by atoms with E-state index >= 15 is 0 Å². The summed E-state index contributed by atoms with van der Waals surface area (Å²) in [6.45, 7) is 4.28. The average Bonchev–Trinajstić information content (AvgIpc) is 2.68. The predicted molar refractivity (Wildman–Crippen MR) is 108 cm³/mol. The van der Waals surface area contributed by atoms with E-state index < -0.39 is 0 Å². The number of esters is 1. The Hall–Kier alpha value is -1.04. The van der Waals surface area contributed by atoms with Crippen molar-refractivity contribution in [3.05, 3.63) is 0 Å². The van der Waals surface area contributed by atoms with Gasteiger partial charge in [0, 0.05) is 6.42 Å². The molecule has 0 aromatic rings. The van der Waals surface area contributed by atoms with E-state index in [0.29, 0.717) is 6.42 Å². The maximum absolute atomic E-state index is 11.9. The molecule has 3 aliphatic carbocycles. The van der Waals surface area contributed by atoms with Crippen LogP contribution in [0.2, 0.25) is 0 Å². The molecule has 3 aliphatic rings. The zero-order valence-electron chi connectivity index (χ0n) is 17.5. The van der Waals surface area contributed by atoms with Gasteiger partial charge in [0.2, 0.25) is 0 Å². The molecule has 6 atom stereocenters. The van der Waals surface area contributed by atoms with Crippen LogP contribution in [0.4, 0.5) is 0 Å². The van der Waals surface area contributed by atoms with E-state index in [2.05, 4.69) is 13.0 Å². The fourth-order valence-corrected chi connectivity index (χ4v) is 6.54. The summed E-state index contributed by atoms with van der Waals surface area (Å²) in [7, 11) is 0. The van der Waals surface area contributed by atoms with Gasteiger partial charge in [0.25, 0.3) is 0 Å². The molecule has 3 saturated carbocycles. The summed E-state index contributed by atoms with van der Waals surface area (Å²) in [5.41, 5.74) is -0.0317. The second-order valence-corrected chi connectivity index (χ2v) is 9.69. The number of nitrogens with zero attached hydrogens (tertiary/aromatic N) is 1. The van der Waals surface area contributed by atoms with Gasteiger partial charge in [-0.15, -0.1) is 0 Å². The Kier molecular flexibility index (Phi) is 7.23. The molecular weight excluding hydrogens is 334 g/mol. The van der Waals surface area contributed by atoms with E-state index in [9.17, 15) is 10.1 Å². The molecule has 0 heterocycles. The van der Waals surface area contributed by atoms with Crippen molar-refractivity contribution >= 4 is 5.97 Å². The van der Waals surface area contributed by atoms with Crippen LogP contribution < -0.4 is 0 Å². The largest absolute Gasteiger partial charge is 0.462 e. The maximum Gasteiger partial charge on any atom is 0.306 e. The number of fused-ring (bicyclic) bond motifs is 3. The Bertz CT molecular complexity index is 539. The number of nitriles is 1. The molecule has 0 bridgehead atoms. The first-order valence-corrected chi connectivity index (χ1v) is 11.7. The van der Waals surface area contributed by atoms with Crippen molar-refractivity contribution in [3.63, 3.8) is 0 Å². The summed E-state index contributed by atoms with van der Waals surface area (Å²) in [5, 5.41) is 9.93. The van der Waals surface area contributed by atoms with Gasteiger partial charge in [-0.1, -0.05) is 33.1 Å². The van der Waals surface area contributed by atoms with Crippen LogP contribution in [0, 0.1) is 40.4 Å². The molecule has 0 amide bonds. The van der Waals surface area contributed by atoms with Crippen LogP contribution in [0.25, 0.3) is 0 Å². The highest BCUT2D eigenvalue weighted by Gasteiger charge is 2.48. The van der Waals surface area contributed by atoms with Crippen molar-refractivity contribution in [1.29, 1.82) is 5.26 Å². The molecule has 152 valence electrons. The van der Waals surface area contributed by atoms with Gasteiger partial charge in [0.15, 0.2) is 0 Å². The SMILES string of the molecule is CCCCC[C@]1(C#N)CCC2C(CCC3C[C@H](OC(=O)CCC)CCC32)C1. The van der Waals surface area contributed by atoms with Crippen molar-refractivity contribution in [1.82, 2.24) is 0 Å². The molecule has 0 aliphatic heterocycles. The van der Waals surface area contributed by atoms with Crippen LogP contribution >= 0.6 is 0 Å². The number of ether oxygens (including phenoxy) is 1. The highest BCUT2D eigenvalue weighted by atomic mass is 16.5. The van der Waals surface area contributed by atoms with E-state index in [1.54, 1.807) is 0 Å². The molecule has 0 saturated heterocycles. The lowest BCUT2D eigenvalue weighted by Crippen LogP contribution is -2.45. The van der Waals surface area contributed by atoms with Crippen LogP contribution in [0.3, 0.4) is 0 Å². The lowest BCUT2D eigenvalue weighted by atomic mass is 9.53. The zero-order chi connectivity index (χ0) is 19.3. The smallest absolute Gasteiger partial charge is 0.306 e. The molecule has 0 N–H and O–H groups in total. The molecule has 0 spiro atoms. The summed E-state index contributed by atoms with van der Waals surface area (Å²) in [6, 6.07) is 2.76. The third kappa shape index (κ3) is 4.87. The van der Waals surface area contributed by atoms with E-state index in [1.165, 1.54) is 44.9 Å². The summed E-state index contributed by atoms with van der Waals surface area (Å²) in [4.78, 5) is 11.9. The first-order valence-electron chi connectivity index (χ1n) is 11.7. The van der Waals surface area contributed by atoms with Crippen molar-refractivity contribution in [2.45, 2.75) is 110 Å². The van der Waals surface area contributed by atoms with Crippen molar-refractivity contribution in [3.8, 4) is 6.07 Å². The molecule has 3 heteroatoms. The molecule has 3 rings (SSSR count). The first kappa shape index (κ1) is 20.7. The standard InChI is InChI=1S/C24H39NO2/c1-3-5-6-13-24(17-25)14-12-22-19(16-24)9-8-18-15-20(10-11-21(18)22)27-23(26)7-4-2/h18-22H,3-16H2,1-2H3/t18?,19?,20-,21?,22?,24+/m1/s1. The zero-order valence-corrected chi connectivity index (χ0v) is 17.5. The van der Waals surface area contributed by atoms with E-state index in [-0.39, 0.29) is 17.5 Å². The number of rotatable bonds is 7. The van der Waals surface area contributed by atoms with E-state index in [4.69, 9.17) is 4.74 Å².